The predicted molar refractivity (Wildman–Crippen MR) is 58.5 cm³/mol. The lowest BCUT2D eigenvalue weighted by molar-refractivity contribution is -0.142. The lowest BCUT2D eigenvalue weighted by atomic mass is 10.3. The Morgan fingerprint density at radius 3 is 2.73 bits per heavy atom. The fraction of sp³-hybridized carbons (Fsp3) is 0.700. The molecule has 1 unspecified atom stereocenters. The van der Waals surface area contributed by atoms with E-state index in [-0.39, 0.29) is 12.5 Å². The van der Waals surface area contributed by atoms with Crippen LogP contribution < -0.4 is 11.1 Å². The molecule has 0 aliphatic heterocycles. The smallest absolute Gasteiger partial charge is 0.324 e. The predicted octanol–water partition coefficient (Wildman–Crippen LogP) is -0.331. The molecule has 0 heterocycles. The summed E-state index contributed by atoms with van der Waals surface area (Å²) in [5, 5.41) is 2.94. The van der Waals surface area contributed by atoms with Crippen molar-refractivity contribution in [1.82, 2.24) is 5.32 Å². The second-order valence-corrected chi connectivity index (χ2v) is 3.28. The van der Waals surface area contributed by atoms with Crippen LogP contribution in [0.1, 0.15) is 6.92 Å². The maximum atomic E-state index is 11.1. The average Bonchev–Trinajstić information content (AvgIpc) is 2.22. The summed E-state index contributed by atoms with van der Waals surface area (Å²) in [5.41, 5.74) is 6.36. The highest BCUT2D eigenvalue weighted by Gasteiger charge is 2.15. The van der Waals surface area contributed by atoms with Crippen LogP contribution in [0.15, 0.2) is 12.2 Å². The van der Waals surface area contributed by atoms with Crippen LogP contribution in [-0.4, -0.2) is 45.4 Å². The van der Waals surface area contributed by atoms with Crippen LogP contribution in [0.3, 0.4) is 0 Å². The molecule has 0 aliphatic carbocycles. The van der Waals surface area contributed by atoms with Crippen molar-refractivity contribution in [2.24, 2.45) is 5.73 Å². The molecule has 0 aromatic carbocycles. The third kappa shape index (κ3) is 7.07. The molecule has 0 saturated carbocycles. The number of nitrogens with two attached hydrogens (primary N) is 1. The van der Waals surface area contributed by atoms with Crippen LogP contribution in [0.25, 0.3) is 0 Å². The first-order valence-corrected chi connectivity index (χ1v) is 4.85. The van der Waals surface area contributed by atoms with Crippen molar-refractivity contribution in [3.05, 3.63) is 12.2 Å². The van der Waals surface area contributed by atoms with E-state index in [0.717, 1.165) is 5.57 Å². The van der Waals surface area contributed by atoms with Crippen molar-refractivity contribution < 1.29 is 14.3 Å². The van der Waals surface area contributed by atoms with Crippen molar-refractivity contribution in [2.75, 3.05) is 33.4 Å². The van der Waals surface area contributed by atoms with E-state index in [2.05, 4.69) is 16.6 Å². The van der Waals surface area contributed by atoms with Gasteiger partial charge in [-0.15, -0.1) is 0 Å². The molecule has 3 N–H and O–H groups in total. The Morgan fingerprint density at radius 1 is 1.60 bits per heavy atom. The highest BCUT2D eigenvalue weighted by Crippen LogP contribution is 1.88. The number of hydrogen-bond donors (Lipinski definition) is 2. The first-order chi connectivity index (χ1) is 7.11. The van der Waals surface area contributed by atoms with Crippen LogP contribution >= 0.6 is 0 Å². The summed E-state index contributed by atoms with van der Waals surface area (Å²) in [6.45, 7) is 7.42. The largest absolute Gasteiger partial charge is 0.468 e. The number of hydrogen-bond acceptors (Lipinski definition) is 5. The number of carbonyl (C=O) groups excluding carboxylic acids is 1. The minimum atomic E-state index is -0.455. The monoisotopic (exact) mass is 216 g/mol. The average molecular weight is 216 g/mol. The molecule has 0 amide bonds. The zero-order valence-electron chi connectivity index (χ0n) is 9.41. The van der Waals surface area contributed by atoms with Crippen LogP contribution in [-0.2, 0) is 14.3 Å². The van der Waals surface area contributed by atoms with E-state index in [4.69, 9.17) is 10.5 Å². The van der Waals surface area contributed by atoms with Gasteiger partial charge >= 0.3 is 5.97 Å². The van der Waals surface area contributed by atoms with Crippen LogP contribution in [0.2, 0.25) is 0 Å². The third-order valence-corrected chi connectivity index (χ3v) is 1.71. The Kier molecular flexibility index (Phi) is 7.89. The van der Waals surface area contributed by atoms with E-state index in [1.165, 1.54) is 7.11 Å². The van der Waals surface area contributed by atoms with Gasteiger partial charge < -0.3 is 20.5 Å². The van der Waals surface area contributed by atoms with Gasteiger partial charge in [-0.2, -0.15) is 0 Å². The number of nitrogens with one attached hydrogen (secondary N) is 1. The van der Waals surface area contributed by atoms with E-state index in [9.17, 15) is 4.79 Å². The summed E-state index contributed by atoms with van der Waals surface area (Å²) >= 11 is 0. The molecule has 1 atom stereocenters. The first kappa shape index (κ1) is 14.1. The molecule has 0 saturated heterocycles. The molecular formula is C10H20N2O3. The summed E-state index contributed by atoms with van der Waals surface area (Å²) in [4.78, 5) is 11.1. The molecule has 0 spiro atoms. The van der Waals surface area contributed by atoms with Crippen molar-refractivity contribution >= 4 is 5.97 Å². The SMILES string of the molecule is C=C(C)COCCNC(CN)C(=O)OC. The van der Waals surface area contributed by atoms with Crippen LogP contribution in [0.5, 0.6) is 0 Å². The van der Waals surface area contributed by atoms with Gasteiger partial charge in [0.1, 0.15) is 6.04 Å². The summed E-state index contributed by atoms with van der Waals surface area (Å²) < 4.78 is 9.81. The van der Waals surface area contributed by atoms with Crippen molar-refractivity contribution in [3.63, 3.8) is 0 Å². The lowest BCUT2D eigenvalue weighted by Gasteiger charge is -2.14. The van der Waals surface area contributed by atoms with Gasteiger partial charge in [0.15, 0.2) is 0 Å². The summed E-state index contributed by atoms with van der Waals surface area (Å²) in [6.07, 6.45) is 0. The molecule has 0 aromatic heterocycles. The van der Waals surface area contributed by atoms with Crippen molar-refractivity contribution in [2.45, 2.75) is 13.0 Å². The Bertz CT molecular complexity index is 207. The molecule has 0 rings (SSSR count). The maximum absolute atomic E-state index is 11.1. The minimum Gasteiger partial charge on any atom is -0.468 e. The molecule has 0 aromatic rings. The van der Waals surface area contributed by atoms with Gasteiger partial charge in [0.25, 0.3) is 0 Å². The number of carbonyl (C=O) groups is 1. The van der Waals surface area contributed by atoms with Crippen molar-refractivity contribution in [1.29, 1.82) is 0 Å². The Balaban J connectivity index is 3.55. The normalized spacial score (nSPS) is 12.2. The van der Waals surface area contributed by atoms with Gasteiger partial charge in [0.05, 0.1) is 20.3 Å². The van der Waals surface area contributed by atoms with E-state index >= 15 is 0 Å². The van der Waals surface area contributed by atoms with E-state index in [0.29, 0.717) is 19.8 Å². The van der Waals surface area contributed by atoms with E-state index in [1.807, 2.05) is 6.92 Å². The zero-order valence-corrected chi connectivity index (χ0v) is 9.41. The molecule has 5 nitrogen and oxygen atoms in total. The van der Waals surface area contributed by atoms with Gasteiger partial charge in [-0.05, 0) is 6.92 Å². The van der Waals surface area contributed by atoms with Gasteiger partial charge in [0, 0.05) is 13.1 Å². The fourth-order valence-electron chi connectivity index (χ4n) is 0.957. The topological polar surface area (TPSA) is 73.6 Å². The third-order valence-electron chi connectivity index (χ3n) is 1.71. The van der Waals surface area contributed by atoms with Gasteiger partial charge in [-0.25, -0.2) is 0 Å². The molecule has 5 heteroatoms. The van der Waals surface area contributed by atoms with E-state index in [1.54, 1.807) is 0 Å². The molecule has 0 bridgehead atoms. The molecule has 15 heavy (non-hydrogen) atoms. The Labute approximate surface area is 90.6 Å². The molecular weight excluding hydrogens is 196 g/mol. The van der Waals surface area contributed by atoms with Gasteiger partial charge in [0.2, 0.25) is 0 Å². The lowest BCUT2D eigenvalue weighted by Crippen LogP contribution is -2.44. The second kappa shape index (κ2) is 8.40. The standard InChI is InChI=1S/C10H20N2O3/c1-8(2)7-15-5-4-12-9(6-11)10(13)14-3/h9,12H,1,4-7,11H2,2-3H3. The molecule has 0 fully saturated rings. The molecule has 0 aliphatic rings. The van der Waals surface area contributed by atoms with Crippen LogP contribution in [0, 0.1) is 0 Å². The van der Waals surface area contributed by atoms with Gasteiger partial charge in [-0.1, -0.05) is 12.2 Å². The quantitative estimate of drug-likeness (QED) is 0.330. The first-order valence-electron chi connectivity index (χ1n) is 4.85. The second-order valence-electron chi connectivity index (χ2n) is 3.28. The fourth-order valence-corrected chi connectivity index (χ4v) is 0.957. The number of rotatable bonds is 8. The number of methoxy groups -OCH3 is 1. The number of ether oxygens (including phenoxy) is 2. The van der Waals surface area contributed by atoms with Crippen molar-refractivity contribution in [3.8, 4) is 0 Å². The highest BCUT2D eigenvalue weighted by atomic mass is 16.5. The Hall–Kier alpha value is -0.910. The Morgan fingerprint density at radius 2 is 2.27 bits per heavy atom. The summed E-state index contributed by atoms with van der Waals surface area (Å²) in [5.74, 6) is -0.350. The number of esters is 1. The van der Waals surface area contributed by atoms with Crippen LogP contribution in [0.4, 0.5) is 0 Å². The highest BCUT2D eigenvalue weighted by molar-refractivity contribution is 5.75. The van der Waals surface area contributed by atoms with Gasteiger partial charge in [-0.3, -0.25) is 4.79 Å². The zero-order chi connectivity index (χ0) is 11.7. The summed E-state index contributed by atoms with van der Waals surface area (Å²) in [6, 6.07) is -0.455. The summed E-state index contributed by atoms with van der Waals surface area (Å²) in [7, 11) is 1.34. The van der Waals surface area contributed by atoms with E-state index < -0.39 is 6.04 Å². The molecule has 0 radical (unpaired) electrons. The minimum absolute atomic E-state index is 0.215. The maximum Gasteiger partial charge on any atom is 0.324 e. The molecule has 88 valence electrons.